The van der Waals surface area contributed by atoms with Crippen LogP contribution in [0.4, 0.5) is 13.2 Å². The van der Waals surface area contributed by atoms with Crippen molar-refractivity contribution in [3.63, 3.8) is 0 Å². The van der Waals surface area contributed by atoms with Gasteiger partial charge in [-0.25, -0.2) is 0 Å². The fourth-order valence-corrected chi connectivity index (χ4v) is 4.25. The van der Waals surface area contributed by atoms with Gasteiger partial charge in [0, 0.05) is 6.54 Å². The summed E-state index contributed by atoms with van der Waals surface area (Å²) in [5, 5.41) is 27.5. The number of methoxy groups -OCH3 is 1. The van der Waals surface area contributed by atoms with Gasteiger partial charge in [-0.2, -0.15) is 13.2 Å². The van der Waals surface area contributed by atoms with Crippen molar-refractivity contribution >= 4 is 12.2 Å². The number of carbonyl (C=O) groups excluding carboxylic acids is 1. The number of amidine groups is 1. The Hall–Kier alpha value is -4.77. The first-order chi connectivity index (χ1) is 20.0. The molecule has 0 radical (unpaired) electrons. The smallest absolute Gasteiger partial charge is 0.416 e. The summed E-state index contributed by atoms with van der Waals surface area (Å²) in [5.41, 5.74) is 5.44. The number of aromatic hydroxyl groups is 2. The molecule has 1 aliphatic heterocycles. The number of ether oxygens (including phenoxy) is 1. The van der Waals surface area contributed by atoms with Gasteiger partial charge in [-0.05, 0) is 60.5 Å². The Balaban J connectivity index is 0.000000797. The van der Waals surface area contributed by atoms with Gasteiger partial charge in [-0.3, -0.25) is 9.79 Å². The molecule has 0 saturated carbocycles. The largest absolute Gasteiger partial charge is 0.508 e. The number of allylic oxidation sites excluding steroid dienone is 1. The van der Waals surface area contributed by atoms with Gasteiger partial charge in [-0.1, -0.05) is 42.5 Å². The van der Waals surface area contributed by atoms with Gasteiger partial charge < -0.3 is 30.7 Å². The van der Waals surface area contributed by atoms with Crippen LogP contribution in [0.25, 0.3) is 0 Å². The van der Waals surface area contributed by atoms with Crippen molar-refractivity contribution in [3.05, 3.63) is 114 Å². The molecule has 42 heavy (non-hydrogen) atoms. The summed E-state index contributed by atoms with van der Waals surface area (Å²) in [7, 11) is 1.33. The van der Waals surface area contributed by atoms with Crippen LogP contribution in [0.1, 0.15) is 35.2 Å². The van der Waals surface area contributed by atoms with Crippen LogP contribution < -0.4 is 10.5 Å². The number of nitrogens with zero attached hydrogens (tertiary/aromatic N) is 2. The Bertz CT molecular complexity index is 1370. The van der Waals surface area contributed by atoms with Crippen molar-refractivity contribution in [3.8, 4) is 17.2 Å². The van der Waals surface area contributed by atoms with E-state index < -0.39 is 11.7 Å². The van der Waals surface area contributed by atoms with Gasteiger partial charge in [0.25, 0.3) is 0 Å². The van der Waals surface area contributed by atoms with Gasteiger partial charge >= 0.3 is 6.18 Å². The third kappa shape index (κ3) is 8.87. The highest BCUT2D eigenvalue weighted by Gasteiger charge is 2.38. The molecule has 3 aromatic rings. The van der Waals surface area contributed by atoms with Crippen LogP contribution in [-0.4, -0.2) is 52.2 Å². The van der Waals surface area contributed by atoms with Gasteiger partial charge in [-0.15, -0.1) is 6.58 Å². The summed E-state index contributed by atoms with van der Waals surface area (Å²) in [6.45, 7) is 5.55. The van der Waals surface area contributed by atoms with Gasteiger partial charge in [0.1, 0.15) is 29.1 Å². The highest BCUT2D eigenvalue weighted by molar-refractivity contribution is 6.03. The van der Waals surface area contributed by atoms with Crippen LogP contribution >= 0.6 is 0 Å². The third-order valence-corrected chi connectivity index (χ3v) is 6.00. The van der Waals surface area contributed by atoms with Crippen LogP contribution in [-0.2, 0) is 17.5 Å². The topological polar surface area (TPSA) is 129 Å². The SMILES string of the molecule is C/C=C/C1C(c2ccc(O)cc2)N=C(c2ccc(C(F)(F)F)cc2OC)N1Cc1cccc(O)c1.C=CCO.NC=O. The second-order valence-electron chi connectivity index (χ2n) is 8.82. The average molecular weight is 586 g/mol. The predicted octanol–water partition coefficient (Wildman–Crippen LogP) is 5.34. The number of amides is 1. The molecule has 1 aliphatic rings. The Labute approximate surface area is 242 Å². The van der Waals surface area contributed by atoms with Crippen molar-refractivity contribution in [1.29, 1.82) is 0 Å². The minimum absolute atomic E-state index is 0.0602. The molecule has 2 unspecified atom stereocenters. The Morgan fingerprint density at radius 1 is 1.07 bits per heavy atom. The van der Waals surface area contributed by atoms with Crippen molar-refractivity contribution in [1.82, 2.24) is 4.90 Å². The van der Waals surface area contributed by atoms with E-state index in [-0.39, 0.29) is 42.3 Å². The number of carbonyl (C=O) groups is 1. The number of rotatable bonds is 7. The number of nitrogens with two attached hydrogens (primary N) is 1. The Morgan fingerprint density at radius 3 is 2.24 bits per heavy atom. The Kier molecular flexibility index (Phi) is 12.6. The lowest BCUT2D eigenvalue weighted by Crippen LogP contribution is -2.36. The zero-order valence-electron chi connectivity index (χ0n) is 23.2. The summed E-state index contributed by atoms with van der Waals surface area (Å²) in [4.78, 5) is 15.5. The van der Waals surface area contributed by atoms with E-state index in [1.165, 1.54) is 19.3 Å². The number of alkyl halides is 3. The molecule has 3 aromatic carbocycles. The number of phenolic OH excluding ortho intramolecular Hbond substituents is 2. The molecule has 0 aromatic heterocycles. The fraction of sp³-hybridized carbons (Fsp3) is 0.226. The number of aliphatic imine (C=N–C) groups is 1. The lowest BCUT2D eigenvalue weighted by atomic mass is 9.98. The normalized spacial score (nSPS) is 16.0. The summed E-state index contributed by atoms with van der Waals surface area (Å²) < 4.78 is 45.4. The van der Waals surface area contributed by atoms with E-state index in [0.29, 0.717) is 17.9 Å². The molecule has 1 amide bonds. The predicted molar refractivity (Wildman–Crippen MR) is 155 cm³/mol. The maximum Gasteiger partial charge on any atom is 0.416 e. The summed E-state index contributed by atoms with van der Waals surface area (Å²) >= 11 is 0. The monoisotopic (exact) mass is 585 g/mol. The van der Waals surface area contributed by atoms with E-state index >= 15 is 0 Å². The van der Waals surface area contributed by atoms with Gasteiger partial charge in [0.2, 0.25) is 6.41 Å². The molecule has 0 spiro atoms. The van der Waals surface area contributed by atoms with E-state index in [1.807, 2.05) is 30.0 Å². The zero-order chi connectivity index (χ0) is 31.3. The second kappa shape index (κ2) is 15.9. The maximum absolute atomic E-state index is 13.3. The van der Waals surface area contributed by atoms with Crippen molar-refractivity contribution in [2.24, 2.45) is 10.7 Å². The molecular weight excluding hydrogens is 551 g/mol. The molecule has 8 nitrogen and oxygen atoms in total. The van der Waals surface area contributed by atoms with Crippen LogP contribution in [0, 0.1) is 0 Å². The minimum Gasteiger partial charge on any atom is -0.508 e. The lowest BCUT2D eigenvalue weighted by molar-refractivity contribution is -0.137. The van der Waals surface area contributed by atoms with Crippen molar-refractivity contribution in [2.45, 2.75) is 31.7 Å². The standard InChI is InChI=1S/C27H25F3N2O3.C3H6O.CH3NO/c1-3-5-23-25(18-8-11-20(33)12-9-18)31-26(32(23)16-17-6-4-7-21(34)14-17)22-13-10-19(27(28,29)30)15-24(22)35-2;1-2-3-4;2-1-3/h3-15,23,25,33-34H,16H2,1-2H3;2,4H,1,3H2;1H,(H2,2,3)/b5-3+;;. The number of hydrogen-bond acceptors (Lipinski definition) is 7. The summed E-state index contributed by atoms with van der Waals surface area (Å²) in [5.74, 6) is 0.773. The van der Waals surface area contributed by atoms with Crippen LogP contribution in [0.2, 0.25) is 0 Å². The van der Waals surface area contributed by atoms with Crippen molar-refractivity contribution in [2.75, 3.05) is 13.7 Å². The maximum atomic E-state index is 13.3. The minimum atomic E-state index is -4.51. The molecule has 0 bridgehead atoms. The highest BCUT2D eigenvalue weighted by atomic mass is 19.4. The first kappa shape index (κ1) is 33.4. The summed E-state index contributed by atoms with van der Waals surface area (Å²) in [6, 6.07) is 16.2. The molecule has 224 valence electrons. The van der Waals surface area contributed by atoms with E-state index in [1.54, 1.807) is 42.5 Å². The molecule has 1 heterocycles. The number of halogens is 3. The van der Waals surface area contributed by atoms with E-state index in [4.69, 9.17) is 19.6 Å². The molecule has 4 rings (SSSR count). The molecule has 0 saturated heterocycles. The molecular formula is C31H34F3N3O5. The number of aliphatic hydroxyl groups is 1. The molecule has 11 heteroatoms. The number of hydrogen-bond donors (Lipinski definition) is 4. The molecule has 0 aliphatic carbocycles. The van der Waals surface area contributed by atoms with Crippen LogP contribution in [0.5, 0.6) is 17.2 Å². The number of phenols is 2. The second-order valence-corrected chi connectivity index (χ2v) is 8.82. The van der Waals surface area contributed by atoms with Gasteiger partial charge in [0.05, 0.1) is 30.9 Å². The number of benzene rings is 3. The first-order valence-electron chi connectivity index (χ1n) is 12.7. The fourth-order valence-electron chi connectivity index (χ4n) is 4.25. The zero-order valence-corrected chi connectivity index (χ0v) is 23.2. The molecule has 5 N–H and O–H groups in total. The van der Waals surface area contributed by atoms with E-state index in [2.05, 4.69) is 12.3 Å². The Morgan fingerprint density at radius 2 is 1.71 bits per heavy atom. The number of primary amides is 1. The third-order valence-electron chi connectivity index (χ3n) is 6.00. The quantitative estimate of drug-likeness (QED) is 0.219. The molecule has 0 fully saturated rings. The molecule has 2 atom stereocenters. The number of aliphatic hydroxyl groups excluding tert-OH is 1. The highest BCUT2D eigenvalue weighted by Crippen LogP contribution is 2.39. The van der Waals surface area contributed by atoms with Crippen LogP contribution in [0.15, 0.2) is 96.5 Å². The average Bonchev–Trinajstić information content (AvgIpc) is 3.30. The van der Waals surface area contributed by atoms with Crippen LogP contribution in [0.3, 0.4) is 0 Å². The van der Waals surface area contributed by atoms with E-state index in [0.717, 1.165) is 23.3 Å². The first-order valence-corrected chi connectivity index (χ1v) is 12.7. The lowest BCUT2D eigenvalue weighted by Gasteiger charge is -2.29. The van der Waals surface area contributed by atoms with Crippen molar-refractivity contribution < 1.29 is 38.0 Å². The summed E-state index contributed by atoms with van der Waals surface area (Å²) in [6.07, 6.45) is 1.05. The van der Waals surface area contributed by atoms with Gasteiger partial charge in [0.15, 0.2) is 0 Å². The van der Waals surface area contributed by atoms with E-state index in [9.17, 15) is 23.4 Å².